The molecule has 0 aliphatic carbocycles. The predicted molar refractivity (Wildman–Crippen MR) is 87.7 cm³/mol. The maximum absolute atomic E-state index is 12.6. The molecule has 1 aromatic rings. The molecule has 10 heteroatoms. The van der Waals surface area contributed by atoms with Crippen LogP contribution >= 0.6 is 11.6 Å². The highest BCUT2D eigenvalue weighted by Crippen LogP contribution is 2.29. The van der Waals surface area contributed by atoms with Gasteiger partial charge in [-0.1, -0.05) is 37.0 Å². The summed E-state index contributed by atoms with van der Waals surface area (Å²) in [6.07, 6.45) is 1.97. The summed E-state index contributed by atoms with van der Waals surface area (Å²) in [5.74, 6) is 0. The van der Waals surface area contributed by atoms with Crippen molar-refractivity contribution in [1.29, 1.82) is 0 Å². The molecule has 1 rings (SSSR count). The molecule has 0 amide bonds. The molecule has 1 aromatic carbocycles. The number of anilines is 1. The van der Waals surface area contributed by atoms with E-state index in [1.54, 1.807) is 6.92 Å². The molecule has 1 N–H and O–H groups in total. The molecule has 0 atom stereocenters. The maximum atomic E-state index is 12.6. The van der Waals surface area contributed by atoms with Gasteiger partial charge in [-0.05, 0) is 31.0 Å². The van der Waals surface area contributed by atoms with Crippen LogP contribution in [0.25, 0.3) is 0 Å². The Kier molecular flexibility index (Phi) is 7.34. The van der Waals surface area contributed by atoms with Crippen LogP contribution in [-0.4, -0.2) is 26.2 Å². The van der Waals surface area contributed by atoms with Crippen molar-refractivity contribution in [2.45, 2.75) is 38.6 Å². The molecule has 0 aliphatic heterocycles. The van der Waals surface area contributed by atoms with E-state index < -0.39 is 15.5 Å². The molecule has 5 nitrogen and oxygen atoms in total. The van der Waals surface area contributed by atoms with Gasteiger partial charge in [0.15, 0.2) is 0 Å². The van der Waals surface area contributed by atoms with Crippen LogP contribution in [0.4, 0.5) is 18.9 Å². The van der Waals surface area contributed by atoms with E-state index in [1.807, 2.05) is 6.92 Å². The highest BCUT2D eigenvalue weighted by atomic mass is 35.5. The quantitative estimate of drug-likeness (QED) is 0.405. The Morgan fingerprint density at radius 1 is 1.33 bits per heavy atom. The molecule has 0 radical (unpaired) electrons. The van der Waals surface area contributed by atoms with Crippen LogP contribution in [-0.2, 0) is 14.9 Å². The number of oxime groups is 1. The Morgan fingerprint density at radius 2 is 2.00 bits per heavy atom. The predicted octanol–water partition coefficient (Wildman–Crippen LogP) is 4.53. The number of unbranched alkanes of at least 4 members (excludes halogenated alkanes) is 1. The average molecular weight is 387 g/mol. The molecule has 0 bridgehead atoms. The standard InChI is InChI=1S/C14H18ClF3N2O3S/c1-3-5-8-23-19-12(4-2)11-9-10(15)6-7-13(11)20-24(21,22)14(16,17)18/h6-7,9,20H,3-5,8H2,1-2H3/b19-12+. The van der Waals surface area contributed by atoms with Gasteiger partial charge in [-0.2, -0.15) is 21.6 Å². The van der Waals surface area contributed by atoms with Gasteiger partial charge in [0.05, 0.1) is 11.4 Å². The van der Waals surface area contributed by atoms with Crippen molar-refractivity contribution in [3.63, 3.8) is 0 Å². The molecule has 0 fully saturated rings. The van der Waals surface area contributed by atoms with Crippen LogP contribution in [0.15, 0.2) is 23.4 Å². The van der Waals surface area contributed by atoms with Crippen LogP contribution in [0, 0.1) is 0 Å². The molecular weight excluding hydrogens is 369 g/mol. The zero-order chi connectivity index (χ0) is 18.4. The summed E-state index contributed by atoms with van der Waals surface area (Å²) in [6, 6.07) is 3.77. The van der Waals surface area contributed by atoms with Crippen molar-refractivity contribution in [3.8, 4) is 0 Å². The summed E-state index contributed by atoms with van der Waals surface area (Å²) < 4.78 is 61.9. The SMILES string of the molecule is CCCCO/N=C(\CC)c1cc(Cl)ccc1NS(=O)(=O)C(F)(F)F. The molecule has 0 spiro atoms. The highest BCUT2D eigenvalue weighted by molar-refractivity contribution is 7.93. The van der Waals surface area contributed by atoms with Crippen molar-refractivity contribution in [2.75, 3.05) is 11.3 Å². The number of nitrogens with one attached hydrogen (secondary N) is 1. The zero-order valence-corrected chi connectivity index (χ0v) is 14.7. The zero-order valence-electron chi connectivity index (χ0n) is 13.2. The third-order valence-corrected chi connectivity index (χ3v) is 4.27. The summed E-state index contributed by atoms with van der Waals surface area (Å²) in [7, 11) is -5.55. The highest BCUT2D eigenvalue weighted by Gasteiger charge is 2.46. The van der Waals surface area contributed by atoms with Gasteiger partial charge in [0.1, 0.15) is 6.61 Å². The summed E-state index contributed by atoms with van der Waals surface area (Å²) >= 11 is 5.87. The van der Waals surface area contributed by atoms with E-state index >= 15 is 0 Å². The van der Waals surface area contributed by atoms with Crippen LogP contribution in [0.3, 0.4) is 0 Å². The Labute approximate surface area is 143 Å². The van der Waals surface area contributed by atoms with E-state index in [1.165, 1.54) is 16.9 Å². The minimum absolute atomic E-state index is 0.134. The molecule has 0 unspecified atom stereocenters. The monoisotopic (exact) mass is 386 g/mol. The summed E-state index contributed by atoms with van der Waals surface area (Å²) in [5.41, 5.74) is -5.27. The van der Waals surface area contributed by atoms with E-state index in [0.29, 0.717) is 13.0 Å². The molecule has 0 aromatic heterocycles. The minimum atomic E-state index is -5.55. The van der Waals surface area contributed by atoms with Crippen molar-refractivity contribution in [3.05, 3.63) is 28.8 Å². The topological polar surface area (TPSA) is 67.8 Å². The first-order chi connectivity index (χ1) is 11.1. The third kappa shape index (κ3) is 5.55. The summed E-state index contributed by atoms with van der Waals surface area (Å²) in [4.78, 5) is 5.12. The van der Waals surface area contributed by atoms with Gasteiger partial charge in [0.2, 0.25) is 0 Å². The number of alkyl halides is 3. The van der Waals surface area contributed by atoms with Gasteiger partial charge in [-0.15, -0.1) is 0 Å². The largest absolute Gasteiger partial charge is 0.516 e. The fourth-order valence-corrected chi connectivity index (χ4v) is 2.44. The van der Waals surface area contributed by atoms with Gasteiger partial charge >= 0.3 is 15.5 Å². The van der Waals surface area contributed by atoms with E-state index in [0.717, 1.165) is 18.9 Å². The van der Waals surface area contributed by atoms with Crippen LogP contribution in [0.2, 0.25) is 5.02 Å². The lowest BCUT2D eigenvalue weighted by Gasteiger charge is -2.15. The normalized spacial score (nSPS) is 13.0. The smallest absolute Gasteiger partial charge is 0.396 e. The Balaban J connectivity index is 3.20. The van der Waals surface area contributed by atoms with E-state index in [9.17, 15) is 21.6 Å². The lowest BCUT2D eigenvalue weighted by molar-refractivity contribution is -0.0429. The summed E-state index contributed by atoms with van der Waals surface area (Å²) in [6.45, 7) is 4.03. The van der Waals surface area contributed by atoms with Gasteiger partial charge < -0.3 is 4.84 Å². The lowest BCUT2D eigenvalue weighted by atomic mass is 10.1. The number of hydrogen-bond donors (Lipinski definition) is 1. The number of hydrogen-bond acceptors (Lipinski definition) is 4. The third-order valence-electron chi connectivity index (χ3n) is 2.94. The lowest BCUT2D eigenvalue weighted by Crippen LogP contribution is -2.30. The van der Waals surface area contributed by atoms with Gasteiger partial charge in [-0.3, -0.25) is 4.72 Å². The first kappa shape index (κ1) is 20.6. The second kappa shape index (κ2) is 8.57. The number of benzene rings is 1. The molecular formula is C14H18ClF3N2O3S. The number of rotatable bonds is 8. The molecule has 0 saturated carbocycles. The Hall–Kier alpha value is -1.48. The Morgan fingerprint density at radius 3 is 2.54 bits per heavy atom. The summed E-state index contributed by atoms with van der Waals surface area (Å²) in [5, 5.41) is 4.12. The van der Waals surface area contributed by atoms with Crippen LogP contribution < -0.4 is 4.72 Å². The van der Waals surface area contributed by atoms with Crippen molar-refractivity contribution >= 4 is 33.0 Å². The first-order valence-electron chi connectivity index (χ1n) is 7.20. The minimum Gasteiger partial charge on any atom is -0.396 e. The van der Waals surface area contributed by atoms with Crippen molar-refractivity contribution in [2.24, 2.45) is 5.16 Å². The fourth-order valence-electron chi connectivity index (χ4n) is 1.68. The maximum Gasteiger partial charge on any atom is 0.516 e. The van der Waals surface area contributed by atoms with Crippen LogP contribution in [0.5, 0.6) is 0 Å². The number of halogens is 4. The fraction of sp³-hybridized carbons (Fsp3) is 0.500. The first-order valence-corrected chi connectivity index (χ1v) is 9.06. The molecule has 0 saturated heterocycles. The van der Waals surface area contributed by atoms with Gasteiger partial charge in [0.25, 0.3) is 0 Å². The molecule has 0 heterocycles. The van der Waals surface area contributed by atoms with E-state index in [-0.39, 0.29) is 22.0 Å². The number of sulfonamides is 1. The van der Waals surface area contributed by atoms with E-state index in [4.69, 9.17) is 16.4 Å². The van der Waals surface area contributed by atoms with Gasteiger partial charge in [-0.25, -0.2) is 0 Å². The van der Waals surface area contributed by atoms with Gasteiger partial charge in [0, 0.05) is 10.6 Å². The molecule has 24 heavy (non-hydrogen) atoms. The van der Waals surface area contributed by atoms with Crippen molar-refractivity contribution < 1.29 is 26.4 Å². The van der Waals surface area contributed by atoms with E-state index in [2.05, 4.69) is 5.16 Å². The van der Waals surface area contributed by atoms with Crippen molar-refractivity contribution in [1.82, 2.24) is 0 Å². The van der Waals surface area contributed by atoms with Crippen LogP contribution in [0.1, 0.15) is 38.7 Å². The molecule has 0 aliphatic rings. The molecule has 136 valence electrons. The second-order valence-corrected chi connectivity index (χ2v) is 6.93. The second-order valence-electron chi connectivity index (χ2n) is 4.82. The average Bonchev–Trinajstić information content (AvgIpc) is 2.48. The number of nitrogens with zero attached hydrogens (tertiary/aromatic N) is 1. The Bertz CT molecular complexity index is 691.